The van der Waals surface area contributed by atoms with Crippen molar-refractivity contribution in [2.45, 2.75) is 25.8 Å². The van der Waals surface area contributed by atoms with Crippen LogP contribution in [0.15, 0.2) is 12.7 Å². The largest absolute Gasteiger partial charge is 0.350 e. The zero-order valence-corrected chi connectivity index (χ0v) is 8.88. The standard InChI is InChI=1S/C8H15NO4S/c1-3-7(9-8(10)4-2)5-6-14(11,12)13/h4,7H,2-3,5-6H2,1H3,(H,9,10)(H,11,12,13). The Labute approximate surface area is 83.9 Å². The summed E-state index contributed by atoms with van der Waals surface area (Å²) in [4.78, 5) is 10.9. The van der Waals surface area contributed by atoms with Gasteiger partial charge in [-0.15, -0.1) is 0 Å². The van der Waals surface area contributed by atoms with Gasteiger partial charge in [-0.25, -0.2) is 0 Å². The third-order valence-electron chi connectivity index (χ3n) is 1.75. The lowest BCUT2D eigenvalue weighted by Crippen LogP contribution is -2.34. The van der Waals surface area contributed by atoms with Gasteiger partial charge in [0.2, 0.25) is 5.91 Å². The van der Waals surface area contributed by atoms with Crippen LogP contribution in [0.1, 0.15) is 19.8 Å². The molecule has 0 bridgehead atoms. The molecule has 1 amide bonds. The van der Waals surface area contributed by atoms with Crippen molar-refractivity contribution in [1.29, 1.82) is 0 Å². The predicted molar refractivity (Wildman–Crippen MR) is 53.5 cm³/mol. The molecule has 0 saturated carbocycles. The van der Waals surface area contributed by atoms with Gasteiger partial charge in [0, 0.05) is 6.04 Å². The van der Waals surface area contributed by atoms with E-state index in [4.69, 9.17) is 4.55 Å². The summed E-state index contributed by atoms with van der Waals surface area (Å²) in [7, 11) is -3.95. The maximum Gasteiger partial charge on any atom is 0.264 e. The van der Waals surface area contributed by atoms with Crippen LogP contribution in [0.5, 0.6) is 0 Å². The van der Waals surface area contributed by atoms with Crippen LogP contribution in [0.3, 0.4) is 0 Å². The van der Waals surface area contributed by atoms with E-state index >= 15 is 0 Å². The number of rotatable bonds is 6. The highest BCUT2D eigenvalue weighted by Gasteiger charge is 2.12. The molecule has 0 radical (unpaired) electrons. The first kappa shape index (κ1) is 13.1. The Hall–Kier alpha value is -0.880. The van der Waals surface area contributed by atoms with Gasteiger partial charge in [-0.05, 0) is 18.9 Å². The number of hydrogen-bond acceptors (Lipinski definition) is 3. The Balaban J connectivity index is 4.04. The van der Waals surface area contributed by atoms with Gasteiger partial charge in [0.15, 0.2) is 0 Å². The lowest BCUT2D eigenvalue weighted by Gasteiger charge is -2.14. The van der Waals surface area contributed by atoms with Crippen molar-refractivity contribution in [3.05, 3.63) is 12.7 Å². The molecule has 0 aromatic rings. The van der Waals surface area contributed by atoms with Crippen LogP contribution in [-0.2, 0) is 14.9 Å². The van der Waals surface area contributed by atoms with Crippen LogP contribution in [-0.4, -0.2) is 30.7 Å². The quantitative estimate of drug-likeness (QED) is 0.500. The van der Waals surface area contributed by atoms with E-state index in [1.165, 1.54) is 0 Å². The van der Waals surface area contributed by atoms with Crippen molar-refractivity contribution >= 4 is 16.0 Å². The van der Waals surface area contributed by atoms with E-state index < -0.39 is 10.1 Å². The van der Waals surface area contributed by atoms with E-state index in [0.29, 0.717) is 6.42 Å². The van der Waals surface area contributed by atoms with Crippen LogP contribution in [0.2, 0.25) is 0 Å². The number of hydrogen-bond donors (Lipinski definition) is 2. The molecular formula is C8H15NO4S. The van der Waals surface area contributed by atoms with Gasteiger partial charge in [-0.1, -0.05) is 13.5 Å². The second-order valence-corrected chi connectivity index (χ2v) is 4.46. The van der Waals surface area contributed by atoms with Crippen LogP contribution in [0, 0.1) is 0 Å². The Morgan fingerprint density at radius 3 is 2.57 bits per heavy atom. The van der Waals surface area contributed by atoms with Crippen molar-refractivity contribution in [2.75, 3.05) is 5.75 Å². The van der Waals surface area contributed by atoms with Gasteiger partial charge in [0.25, 0.3) is 10.1 Å². The summed E-state index contributed by atoms with van der Waals surface area (Å²) in [6, 6.07) is -0.248. The second kappa shape index (κ2) is 5.77. The van der Waals surface area contributed by atoms with Gasteiger partial charge in [0.1, 0.15) is 0 Å². The minimum absolute atomic E-state index is 0.203. The first-order valence-corrected chi connectivity index (χ1v) is 5.88. The minimum atomic E-state index is -3.95. The van der Waals surface area contributed by atoms with Crippen LogP contribution in [0.4, 0.5) is 0 Å². The topological polar surface area (TPSA) is 83.5 Å². The first-order chi connectivity index (χ1) is 6.39. The molecule has 2 N–H and O–H groups in total. The monoisotopic (exact) mass is 221 g/mol. The highest BCUT2D eigenvalue weighted by molar-refractivity contribution is 7.85. The molecule has 1 atom stereocenters. The molecule has 0 heterocycles. The second-order valence-electron chi connectivity index (χ2n) is 2.89. The number of carbonyl (C=O) groups excluding carboxylic acids is 1. The van der Waals surface area contributed by atoms with E-state index in [2.05, 4.69) is 11.9 Å². The van der Waals surface area contributed by atoms with Crippen molar-refractivity contribution in [3.8, 4) is 0 Å². The smallest absolute Gasteiger partial charge is 0.264 e. The maximum atomic E-state index is 10.9. The number of carbonyl (C=O) groups is 1. The third-order valence-corrected chi connectivity index (χ3v) is 2.50. The SMILES string of the molecule is C=CC(=O)NC(CC)CCS(=O)(=O)O. The molecule has 0 saturated heterocycles. The maximum absolute atomic E-state index is 10.9. The average Bonchev–Trinajstić information content (AvgIpc) is 2.10. The van der Waals surface area contributed by atoms with E-state index in [1.54, 1.807) is 0 Å². The van der Waals surface area contributed by atoms with Crippen LogP contribution < -0.4 is 5.32 Å². The molecule has 0 aliphatic heterocycles. The fourth-order valence-corrected chi connectivity index (χ4v) is 1.51. The lowest BCUT2D eigenvalue weighted by atomic mass is 10.2. The van der Waals surface area contributed by atoms with Gasteiger partial charge in [-0.2, -0.15) is 8.42 Å². The Morgan fingerprint density at radius 2 is 2.21 bits per heavy atom. The molecule has 14 heavy (non-hydrogen) atoms. The molecule has 0 aromatic carbocycles. The number of nitrogens with one attached hydrogen (secondary N) is 1. The first-order valence-electron chi connectivity index (χ1n) is 4.27. The molecular weight excluding hydrogens is 206 g/mol. The molecule has 1 unspecified atom stereocenters. The fourth-order valence-electron chi connectivity index (χ4n) is 0.930. The van der Waals surface area contributed by atoms with Gasteiger partial charge < -0.3 is 5.32 Å². The summed E-state index contributed by atoms with van der Waals surface area (Å²) in [5, 5.41) is 2.56. The van der Waals surface area contributed by atoms with E-state index in [9.17, 15) is 13.2 Å². The van der Waals surface area contributed by atoms with Crippen molar-refractivity contribution in [2.24, 2.45) is 0 Å². The molecule has 0 fully saturated rings. The molecule has 6 heteroatoms. The summed E-state index contributed by atoms with van der Waals surface area (Å²) < 4.78 is 29.4. The summed E-state index contributed by atoms with van der Waals surface area (Å²) in [6.07, 6.45) is 1.93. The van der Waals surface area contributed by atoms with E-state index in [1.807, 2.05) is 6.92 Å². The van der Waals surface area contributed by atoms with Gasteiger partial charge in [-0.3, -0.25) is 9.35 Å². The Kier molecular flexibility index (Phi) is 5.40. The van der Waals surface area contributed by atoms with E-state index in [-0.39, 0.29) is 24.1 Å². The van der Waals surface area contributed by atoms with Crippen LogP contribution in [0.25, 0.3) is 0 Å². The zero-order chi connectivity index (χ0) is 11.2. The number of amides is 1. The summed E-state index contributed by atoms with van der Waals surface area (Å²) >= 11 is 0. The van der Waals surface area contributed by atoms with Gasteiger partial charge >= 0.3 is 0 Å². The summed E-state index contributed by atoms with van der Waals surface area (Å²) in [5.41, 5.74) is 0. The molecule has 0 spiro atoms. The molecule has 82 valence electrons. The lowest BCUT2D eigenvalue weighted by molar-refractivity contribution is -0.117. The molecule has 0 aromatic heterocycles. The summed E-state index contributed by atoms with van der Waals surface area (Å²) in [6.45, 7) is 5.09. The van der Waals surface area contributed by atoms with Crippen molar-refractivity contribution < 1.29 is 17.8 Å². The fraction of sp³-hybridized carbons (Fsp3) is 0.625. The Bertz CT molecular complexity index is 296. The molecule has 0 aliphatic carbocycles. The minimum Gasteiger partial charge on any atom is -0.350 e. The molecule has 0 rings (SSSR count). The molecule has 5 nitrogen and oxygen atoms in total. The van der Waals surface area contributed by atoms with Crippen molar-refractivity contribution in [3.63, 3.8) is 0 Å². The van der Waals surface area contributed by atoms with Gasteiger partial charge in [0.05, 0.1) is 5.75 Å². The normalized spacial score (nSPS) is 13.3. The Morgan fingerprint density at radius 1 is 1.64 bits per heavy atom. The zero-order valence-electron chi connectivity index (χ0n) is 8.06. The third kappa shape index (κ3) is 6.62. The average molecular weight is 221 g/mol. The van der Waals surface area contributed by atoms with Crippen LogP contribution >= 0.6 is 0 Å². The molecule has 0 aliphatic rings. The predicted octanol–water partition coefficient (Wildman–Crippen LogP) is 0.345. The highest BCUT2D eigenvalue weighted by Crippen LogP contribution is 2.00. The van der Waals surface area contributed by atoms with E-state index in [0.717, 1.165) is 6.08 Å². The highest BCUT2D eigenvalue weighted by atomic mass is 32.2. The van der Waals surface area contributed by atoms with Crippen molar-refractivity contribution in [1.82, 2.24) is 5.32 Å². The summed E-state index contributed by atoms with van der Waals surface area (Å²) in [5.74, 6) is -0.685.